The average Bonchev–Trinajstić information content (AvgIpc) is 3.05. The number of carbonyl (C=O) groups is 1. The molecule has 3 rings (SSSR count). The minimum atomic E-state index is -0.0786. The molecule has 0 unspecified atom stereocenters. The second-order valence-electron chi connectivity index (χ2n) is 5.78. The number of hydrogen-bond acceptors (Lipinski definition) is 2. The van der Waals surface area contributed by atoms with Gasteiger partial charge in [0.1, 0.15) is 0 Å². The Balaban J connectivity index is 1.64. The smallest absolute Gasteiger partial charge is 0.255 e. The highest BCUT2D eigenvalue weighted by Gasteiger charge is 2.15. The fourth-order valence-electron chi connectivity index (χ4n) is 2.89. The Kier molecular flexibility index (Phi) is 5.28. The normalized spacial score (nSPS) is 14.4. The number of nitrogens with zero attached hydrogens (tertiary/aromatic N) is 1. The molecule has 1 aliphatic rings. The van der Waals surface area contributed by atoms with Gasteiger partial charge in [0.2, 0.25) is 0 Å². The van der Waals surface area contributed by atoms with Crippen LogP contribution in [0.25, 0.3) is 11.3 Å². The highest BCUT2D eigenvalue weighted by atomic mass is 79.9. The molecule has 120 valence electrons. The number of H-pyrrole nitrogens is 1. The van der Waals surface area contributed by atoms with E-state index in [1.165, 1.54) is 31.3 Å². The molecule has 0 saturated carbocycles. The third-order valence-electron chi connectivity index (χ3n) is 4.11. The van der Waals surface area contributed by atoms with Gasteiger partial charge in [0.05, 0.1) is 17.5 Å². The van der Waals surface area contributed by atoms with Crippen molar-refractivity contribution in [1.29, 1.82) is 0 Å². The van der Waals surface area contributed by atoms with Gasteiger partial charge in [0, 0.05) is 16.6 Å². The van der Waals surface area contributed by atoms with Crippen LogP contribution in [-0.2, 0) is 0 Å². The van der Waals surface area contributed by atoms with Crippen molar-refractivity contribution in [3.63, 3.8) is 0 Å². The van der Waals surface area contributed by atoms with E-state index in [1.807, 2.05) is 24.3 Å². The van der Waals surface area contributed by atoms with Crippen LogP contribution in [0.2, 0.25) is 0 Å². The molecule has 0 spiro atoms. The van der Waals surface area contributed by atoms with Crippen molar-refractivity contribution >= 4 is 21.8 Å². The van der Waals surface area contributed by atoms with Gasteiger partial charge in [-0.1, -0.05) is 39.7 Å². The molecule has 5 heteroatoms. The predicted octanol–water partition coefficient (Wildman–Crippen LogP) is 4.46. The largest absolute Gasteiger partial charge is 0.352 e. The first-order valence-corrected chi connectivity index (χ1v) is 8.79. The fraction of sp³-hybridized carbons (Fsp3) is 0.333. The Morgan fingerprint density at radius 2 is 2.26 bits per heavy atom. The summed E-state index contributed by atoms with van der Waals surface area (Å²) in [5.41, 5.74) is 3.74. The van der Waals surface area contributed by atoms with E-state index in [4.69, 9.17) is 0 Å². The van der Waals surface area contributed by atoms with Gasteiger partial charge in [-0.2, -0.15) is 5.10 Å². The van der Waals surface area contributed by atoms with E-state index in [-0.39, 0.29) is 5.91 Å². The molecule has 0 bridgehead atoms. The van der Waals surface area contributed by atoms with Crippen molar-refractivity contribution in [3.8, 4) is 11.3 Å². The quantitative estimate of drug-likeness (QED) is 0.760. The van der Waals surface area contributed by atoms with E-state index in [0.717, 1.165) is 22.2 Å². The number of halogens is 1. The molecule has 2 aromatic rings. The van der Waals surface area contributed by atoms with Gasteiger partial charge < -0.3 is 5.32 Å². The van der Waals surface area contributed by atoms with E-state index in [1.54, 1.807) is 6.20 Å². The summed E-state index contributed by atoms with van der Waals surface area (Å²) in [7, 11) is 0. The van der Waals surface area contributed by atoms with Crippen LogP contribution in [0.5, 0.6) is 0 Å². The van der Waals surface area contributed by atoms with Gasteiger partial charge >= 0.3 is 0 Å². The molecular weight excluding hydrogens is 354 g/mol. The summed E-state index contributed by atoms with van der Waals surface area (Å²) in [6, 6.07) is 7.83. The maximum absolute atomic E-state index is 12.4. The van der Waals surface area contributed by atoms with Crippen molar-refractivity contribution in [3.05, 3.63) is 52.1 Å². The van der Waals surface area contributed by atoms with E-state index < -0.39 is 0 Å². The average molecular weight is 374 g/mol. The molecule has 1 aromatic heterocycles. The third-order valence-corrected chi connectivity index (χ3v) is 4.61. The van der Waals surface area contributed by atoms with Crippen molar-refractivity contribution < 1.29 is 4.79 Å². The molecule has 0 radical (unpaired) electrons. The molecule has 1 heterocycles. The summed E-state index contributed by atoms with van der Waals surface area (Å²) in [6.07, 6.45) is 9.76. The second kappa shape index (κ2) is 7.59. The summed E-state index contributed by atoms with van der Waals surface area (Å²) in [4.78, 5) is 12.4. The summed E-state index contributed by atoms with van der Waals surface area (Å²) in [5.74, 6) is -0.0786. The molecule has 0 aliphatic heterocycles. The van der Waals surface area contributed by atoms with Gasteiger partial charge in [-0.3, -0.25) is 9.89 Å². The Hall–Kier alpha value is -1.88. The number of nitrogens with one attached hydrogen (secondary N) is 2. The van der Waals surface area contributed by atoms with E-state index in [2.05, 4.69) is 37.5 Å². The summed E-state index contributed by atoms with van der Waals surface area (Å²) in [6.45, 7) is 0.674. The molecule has 0 saturated heterocycles. The van der Waals surface area contributed by atoms with Crippen LogP contribution in [-0.4, -0.2) is 22.6 Å². The third kappa shape index (κ3) is 4.10. The van der Waals surface area contributed by atoms with Gasteiger partial charge in [0.25, 0.3) is 5.91 Å². The molecule has 23 heavy (non-hydrogen) atoms. The van der Waals surface area contributed by atoms with Crippen LogP contribution in [0.3, 0.4) is 0 Å². The Morgan fingerprint density at radius 1 is 1.35 bits per heavy atom. The van der Waals surface area contributed by atoms with Crippen LogP contribution in [0.4, 0.5) is 0 Å². The summed E-state index contributed by atoms with van der Waals surface area (Å²) < 4.78 is 0.972. The first-order valence-electron chi connectivity index (χ1n) is 7.99. The zero-order chi connectivity index (χ0) is 16.1. The van der Waals surface area contributed by atoms with Crippen molar-refractivity contribution in [2.75, 3.05) is 6.54 Å². The molecule has 2 N–H and O–H groups in total. The molecule has 1 amide bonds. The number of aromatic amines is 1. The maximum Gasteiger partial charge on any atom is 0.255 e. The number of rotatable bonds is 5. The predicted molar refractivity (Wildman–Crippen MR) is 95.2 cm³/mol. The Bertz CT molecular complexity index is 721. The lowest BCUT2D eigenvalue weighted by Gasteiger charge is -2.13. The van der Waals surface area contributed by atoms with Crippen LogP contribution in [0, 0.1) is 0 Å². The SMILES string of the molecule is O=C(NCCC1=CCCCC1)c1cn[nH]c1-c1cccc(Br)c1. The standard InChI is InChI=1S/C18H20BrN3O/c19-15-8-4-7-14(11-15)17-16(12-21-22-17)18(23)20-10-9-13-5-2-1-3-6-13/h4-5,7-8,11-12H,1-3,6,9-10H2,(H,20,23)(H,21,22). The van der Waals surface area contributed by atoms with Crippen LogP contribution < -0.4 is 5.32 Å². The van der Waals surface area contributed by atoms with Gasteiger partial charge in [-0.25, -0.2) is 0 Å². The number of aromatic nitrogens is 2. The highest BCUT2D eigenvalue weighted by Crippen LogP contribution is 2.24. The second-order valence-corrected chi connectivity index (χ2v) is 6.70. The number of hydrogen-bond donors (Lipinski definition) is 2. The zero-order valence-electron chi connectivity index (χ0n) is 12.9. The van der Waals surface area contributed by atoms with Gasteiger partial charge in [-0.15, -0.1) is 0 Å². The van der Waals surface area contributed by atoms with E-state index in [9.17, 15) is 4.79 Å². The molecular formula is C18H20BrN3O. The topological polar surface area (TPSA) is 57.8 Å². The zero-order valence-corrected chi connectivity index (χ0v) is 14.5. The summed E-state index contributed by atoms with van der Waals surface area (Å²) in [5, 5.41) is 9.97. The number of allylic oxidation sites excluding steroid dienone is 1. The van der Waals surface area contributed by atoms with Crippen molar-refractivity contribution in [2.45, 2.75) is 32.1 Å². The van der Waals surface area contributed by atoms with E-state index in [0.29, 0.717) is 12.1 Å². The van der Waals surface area contributed by atoms with Crippen LogP contribution in [0.1, 0.15) is 42.5 Å². The number of amides is 1. The first kappa shape index (κ1) is 16.0. The van der Waals surface area contributed by atoms with Crippen LogP contribution >= 0.6 is 15.9 Å². The molecule has 4 nitrogen and oxygen atoms in total. The molecule has 1 aliphatic carbocycles. The van der Waals surface area contributed by atoms with Gasteiger partial charge in [0.15, 0.2) is 0 Å². The van der Waals surface area contributed by atoms with Crippen LogP contribution in [0.15, 0.2) is 46.6 Å². The minimum absolute atomic E-state index is 0.0786. The lowest BCUT2D eigenvalue weighted by molar-refractivity contribution is 0.0954. The Morgan fingerprint density at radius 3 is 3.04 bits per heavy atom. The lowest BCUT2D eigenvalue weighted by atomic mass is 9.97. The molecule has 1 aromatic carbocycles. The van der Waals surface area contributed by atoms with Crippen molar-refractivity contribution in [2.24, 2.45) is 0 Å². The summed E-state index contributed by atoms with van der Waals surface area (Å²) >= 11 is 3.45. The molecule has 0 atom stereocenters. The highest BCUT2D eigenvalue weighted by molar-refractivity contribution is 9.10. The first-order chi connectivity index (χ1) is 11.2. The van der Waals surface area contributed by atoms with E-state index >= 15 is 0 Å². The number of carbonyl (C=O) groups excluding carboxylic acids is 1. The molecule has 0 fully saturated rings. The number of benzene rings is 1. The fourth-order valence-corrected chi connectivity index (χ4v) is 3.29. The monoisotopic (exact) mass is 373 g/mol. The lowest BCUT2D eigenvalue weighted by Crippen LogP contribution is -2.25. The maximum atomic E-state index is 12.4. The Labute approximate surface area is 144 Å². The minimum Gasteiger partial charge on any atom is -0.352 e. The van der Waals surface area contributed by atoms with Crippen molar-refractivity contribution in [1.82, 2.24) is 15.5 Å². The van der Waals surface area contributed by atoms with Gasteiger partial charge in [-0.05, 0) is 44.2 Å².